The van der Waals surface area contributed by atoms with Crippen molar-refractivity contribution in [1.29, 1.82) is 0 Å². The Kier molecular flexibility index (Phi) is 8.77. The van der Waals surface area contributed by atoms with Crippen LogP contribution in [-0.2, 0) is 12.0 Å². The number of pyridine rings is 2. The maximum Gasteiger partial charge on any atom is 0.259 e. The monoisotopic (exact) mass is 501 g/mol. The van der Waals surface area contributed by atoms with E-state index in [1.54, 1.807) is 24.5 Å². The van der Waals surface area contributed by atoms with Crippen molar-refractivity contribution in [3.8, 4) is 5.88 Å². The largest absolute Gasteiger partial charge is 0.478 e. The Morgan fingerprint density at radius 3 is 2.65 bits per heavy atom. The third-order valence-corrected chi connectivity index (χ3v) is 6.92. The van der Waals surface area contributed by atoms with Gasteiger partial charge in [-0.25, -0.2) is 9.97 Å². The van der Waals surface area contributed by atoms with Crippen LogP contribution >= 0.6 is 0 Å². The molecule has 1 aliphatic rings. The molecule has 2 aromatic heterocycles. The van der Waals surface area contributed by atoms with Gasteiger partial charge in [0.25, 0.3) is 5.91 Å². The Bertz CT molecular complexity index is 1170. The molecule has 3 heterocycles. The highest BCUT2D eigenvalue weighted by molar-refractivity contribution is 6.07. The second-order valence-electron chi connectivity index (χ2n) is 10.8. The molecule has 0 radical (unpaired) electrons. The maximum absolute atomic E-state index is 13.0. The van der Waals surface area contributed by atoms with Crippen molar-refractivity contribution in [2.75, 3.05) is 30.8 Å². The lowest BCUT2D eigenvalue weighted by Crippen LogP contribution is -2.25. The molecule has 1 amide bonds. The molecule has 1 aliphatic heterocycles. The first-order valence-electron chi connectivity index (χ1n) is 13.2. The van der Waals surface area contributed by atoms with E-state index in [1.807, 2.05) is 36.4 Å². The van der Waals surface area contributed by atoms with Crippen LogP contribution in [0.2, 0.25) is 0 Å². The summed E-state index contributed by atoms with van der Waals surface area (Å²) >= 11 is 0. The minimum absolute atomic E-state index is 0.0628. The molecule has 0 aliphatic carbocycles. The average Bonchev–Trinajstić information content (AvgIpc) is 3.30. The van der Waals surface area contributed by atoms with Crippen molar-refractivity contribution < 1.29 is 9.53 Å². The molecule has 0 spiro atoms. The van der Waals surface area contributed by atoms with E-state index in [1.165, 1.54) is 24.9 Å². The molecule has 1 aromatic carbocycles. The lowest BCUT2D eigenvalue weighted by molar-refractivity contribution is 0.102. The highest BCUT2D eigenvalue weighted by Crippen LogP contribution is 2.24. The molecule has 1 saturated heterocycles. The standard InChI is InChI=1S/C30H39N5O2/c1-30(2,3)23-11-13-24(14-12-23)34-29(36)26-10-5-16-32-28(26)33-21-22-15-17-31-27(20-22)37-19-7-9-25-8-6-18-35(25)4/h5,10-17,20,25H,6-9,18-19,21H2,1-4H3,(H,32,33)(H,34,36). The van der Waals surface area contributed by atoms with E-state index < -0.39 is 0 Å². The third-order valence-electron chi connectivity index (χ3n) is 6.92. The average molecular weight is 502 g/mol. The number of nitrogens with one attached hydrogen (secondary N) is 2. The zero-order valence-corrected chi connectivity index (χ0v) is 22.5. The normalized spacial score (nSPS) is 15.9. The summed E-state index contributed by atoms with van der Waals surface area (Å²) in [7, 11) is 2.21. The first-order chi connectivity index (χ1) is 17.8. The van der Waals surface area contributed by atoms with Crippen molar-refractivity contribution in [2.45, 2.75) is 64.5 Å². The topological polar surface area (TPSA) is 79.4 Å². The van der Waals surface area contributed by atoms with Gasteiger partial charge >= 0.3 is 0 Å². The molecular weight excluding hydrogens is 462 g/mol. The summed E-state index contributed by atoms with van der Waals surface area (Å²) in [4.78, 5) is 24.2. The van der Waals surface area contributed by atoms with Gasteiger partial charge in [0.2, 0.25) is 5.88 Å². The molecule has 0 saturated carbocycles. The number of hydrogen-bond donors (Lipinski definition) is 2. The Morgan fingerprint density at radius 2 is 1.92 bits per heavy atom. The van der Waals surface area contributed by atoms with E-state index >= 15 is 0 Å². The number of aromatic nitrogens is 2. The van der Waals surface area contributed by atoms with Crippen molar-refractivity contribution >= 4 is 17.4 Å². The fourth-order valence-electron chi connectivity index (χ4n) is 4.65. The van der Waals surface area contributed by atoms with Crippen molar-refractivity contribution in [2.24, 2.45) is 0 Å². The zero-order chi connectivity index (χ0) is 26.3. The summed E-state index contributed by atoms with van der Waals surface area (Å²) < 4.78 is 5.91. The molecule has 196 valence electrons. The summed E-state index contributed by atoms with van der Waals surface area (Å²) in [5, 5.41) is 6.29. The van der Waals surface area contributed by atoms with E-state index in [0.717, 1.165) is 24.1 Å². The molecule has 0 bridgehead atoms. The number of amides is 1. The second-order valence-corrected chi connectivity index (χ2v) is 10.8. The number of rotatable bonds is 10. The molecular formula is C30H39N5O2. The van der Waals surface area contributed by atoms with Crippen molar-refractivity contribution in [1.82, 2.24) is 14.9 Å². The number of benzene rings is 1. The minimum Gasteiger partial charge on any atom is -0.478 e. The summed E-state index contributed by atoms with van der Waals surface area (Å²) in [5.74, 6) is 0.953. The molecule has 1 unspecified atom stereocenters. The predicted octanol–water partition coefficient (Wildman–Crippen LogP) is 5.89. The fraction of sp³-hybridized carbons (Fsp3) is 0.433. The summed E-state index contributed by atoms with van der Waals surface area (Å²) in [5.41, 5.74) is 3.53. The number of carbonyl (C=O) groups is 1. The van der Waals surface area contributed by atoms with Gasteiger partial charge in [0, 0.05) is 36.7 Å². The lowest BCUT2D eigenvalue weighted by Gasteiger charge is -2.19. The van der Waals surface area contributed by atoms with Crippen LogP contribution in [-0.4, -0.2) is 47.0 Å². The van der Waals surface area contributed by atoms with Crippen LogP contribution in [0, 0.1) is 0 Å². The Morgan fingerprint density at radius 1 is 1.11 bits per heavy atom. The smallest absolute Gasteiger partial charge is 0.259 e. The molecule has 4 rings (SSSR count). The van der Waals surface area contributed by atoms with E-state index in [4.69, 9.17) is 4.74 Å². The number of anilines is 2. The molecule has 3 aromatic rings. The van der Waals surface area contributed by atoms with E-state index in [9.17, 15) is 4.79 Å². The number of ether oxygens (including phenoxy) is 1. The highest BCUT2D eigenvalue weighted by atomic mass is 16.5. The van der Waals surface area contributed by atoms with Gasteiger partial charge in [0.1, 0.15) is 5.82 Å². The van der Waals surface area contributed by atoms with Crippen LogP contribution in [0.15, 0.2) is 60.9 Å². The van der Waals surface area contributed by atoms with Crippen LogP contribution < -0.4 is 15.4 Å². The Hall–Kier alpha value is -3.45. The zero-order valence-electron chi connectivity index (χ0n) is 22.5. The lowest BCUT2D eigenvalue weighted by atomic mass is 9.87. The predicted molar refractivity (Wildman–Crippen MR) is 149 cm³/mol. The second kappa shape index (κ2) is 12.2. The van der Waals surface area contributed by atoms with Crippen LogP contribution in [0.5, 0.6) is 5.88 Å². The number of nitrogens with zero attached hydrogens (tertiary/aromatic N) is 3. The van der Waals surface area contributed by atoms with E-state index in [-0.39, 0.29) is 11.3 Å². The van der Waals surface area contributed by atoms with Gasteiger partial charge in [-0.05, 0) is 86.1 Å². The Labute approximate surface area is 220 Å². The fourth-order valence-corrected chi connectivity index (χ4v) is 4.65. The summed E-state index contributed by atoms with van der Waals surface area (Å²) in [6.45, 7) is 8.87. The number of carbonyl (C=O) groups excluding carboxylic acids is 1. The van der Waals surface area contributed by atoms with E-state index in [0.29, 0.717) is 36.5 Å². The molecule has 2 N–H and O–H groups in total. The molecule has 7 nitrogen and oxygen atoms in total. The van der Waals surface area contributed by atoms with E-state index in [2.05, 4.69) is 53.3 Å². The van der Waals surface area contributed by atoms with Crippen LogP contribution in [0.25, 0.3) is 0 Å². The number of hydrogen-bond acceptors (Lipinski definition) is 6. The quantitative estimate of drug-likeness (QED) is 0.337. The van der Waals surface area contributed by atoms with Crippen LogP contribution in [0.3, 0.4) is 0 Å². The van der Waals surface area contributed by atoms with Crippen LogP contribution in [0.1, 0.15) is 67.9 Å². The first-order valence-corrected chi connectivity index (χ1v) is 13.2. The van der Waals surface area contributed by atoms with Crippen molar-refractivity contribution in [3.05, 3.63) is 77.6 Å². The molecule has 37 heavy (non-hydrogen) atoms. The maximum atomic E-state index is 13.0. The summed E-state index contributed by atoms with van der Waals surface area (Å²) in [6.07, 6.45) is 8.19. The van der Waals surface area contributed by atoms with Gasteiger partial charge in [0.15, 0.2) is 0 Å². The highest BCUT2D eigenvalue weighted by Gasteiger charge is 2.20. The van der Waals surface area contributed by atoms with Gasteiger partial charge in [-0.3, -0.25) is 4.79 Å². The van der Waals surface area contributed by atoms with Gasteiger partial charge in [-0.15, -0.1) is 0 Å². The first kappa shape index (κ1) is 26.6. The third kappa shape index (κ3) is 7.52. The SMILES string of the molecule is CN1CCCC1CCCOc1cc(CNc2ncccc2C(=O)Nc2ccc(C(C)(C)C)cc2)ccn1. The molecule has 7 heteroatoms. The number of likely N-dealkylation sites (tertiary alicyclic amines) is 1. The molecule has 1 fully saturated rings. The molecule has 1 atom stereocenters. The minimum atomic E-state index is -0.203. The Balaban J connectivity index is 1.31. The summed E-state index contributed by atoms with van der Waals surface area (Å²) in [6, 6.07) is 16.1. The van der Waals surface area contributed by atoms with Crippen LogP contribution in [0.4, 0.5) is 11.5 Å². The van der Waals surface area contributed by atoms with Gasteiger partial charge < -0.3 is 20.3 Å². The van der Waals surface area contributed by atoms with Gasteiger partial charge in [-0.2, -0.15) is 0 Å². The van der Waals surface area contributed by atoms with Gasteiger partial charge in [-0.1, -0.05) is 32.9 Å². The van der Waals surface area contributed by atoms with Gasteiger partial charge in [0.05, 0.1) is 12.2 Å². The van der Waals surface area contributed by atoms with Crippen molar-refractivity contribution in [3.63, 3.8) is 0 Å².